The number of ether oxygens (including phenoxy) is 1. The zero-order valence-corrected chi connectivity index (χ0v) is 11.1. The van der Waals surface area contributed by atoms with Crippen LogP contribution in [-0.2, 0) is 6.54 Å². The van der Waals surface area contributed by atoms with E-state index in [9.17, 15) is 4.39 Å². The zero-order valence-electron chi connectivity index (χ0n) is 11.1. The molecule has 0 bridgehead atoms. The molecule has 2 aromatic carbocycles. The maximum atomic E-state index is 13.1. The summed E-state index contributed by atoms with van der Waals surface area (Å²) in [7, 11) is 3.52. The van der Waals surface area contributed by atoms with Crippen LogP contribution in [0.25, 0.3) is 0 Å². The zero-order chi connectivity index (χ0) is 13.8. The van der Waals surface area contributed by atoms with Crippen molar-refractivity contribution in [1.29, 1.82) is 0 Å². The number of hydrogen-bond acceptors (Lipinski definition) is 3. The van der Waals surface area contributed by atoms with Gasteiger partial charge < -0.3 is 15.4 Å². The molecular formula is C15H17FN2O. The SMILES string of the molecule is COc1ccc(N(C)Cc2cccc(F)c2)c(N)c1. The molecular weight excluding hydrogens is 243 g/mol. The van der Waals surface area contributed by atoms with Crippen molar-refractivity contribution >= 4 is 11.4 Å². The van der Waals surface area contributed by atoms with Crippen LogP contribution in [0.5, 0.6) is 5.75 Å². The van der Waals surface area contributed by atoms with Crippen molar-refractivity contribution in [3.8, 4) is 5.75 Å². The van der Waals surface area contributed by atoms with E-state index in [-0.39, 0.29) is 5.82 Å². The highest BCUT2D eigenvalue weighted by Gasteiger charge is 2.07. The van der Waals surface area contributed by atoms with E-state index in [2.05, 4.69) is 0 Å². The first-order chi connectivity index (χ1) is 9.10. The Morgan fingerprint density at radius 1 is 1.21 bits per heavy atom. The van der Waals surface area contributed by atoms with Gasteiger partial charge in [-0.15, -0.1) is 0 Å². The van der Waals surface area contributed by atoms with Crippen molar-refractivity contribution in [1.82, 2.24) is 0 Å². The second-order valence-corrected chi connectivity index (χ2v) is 4.41. The van der Waals surface area contributed by atoms with E-state index < -0.39 is 0 Å². The summed E-state index contributed by atoms with van der Waals surface area (Å²) in [5.41, 5.74) is 8.42. The fourth-order valence-electron chi connectivity index (χ4n) is 2.00. The lowest BCUT2D eigenvalue weighted by atomic mass is 10.2. The van der Waals surface area contributed by atoms with Crippen LogP contribution in [0.2, 0.25) is 0 Å². The molecule has 0 spiro atoms. The van der Waals surface area contributed by atoms with Gasteiger partial charge >= 0.3 is 0 Å². The van der Waals surface area contributed by atoms with Gasteiger partial charge in [0.15, 0.2) is 0 Å². The molecule has 2 rings (SSSR count). The Kier molecular flexibility index (Phi) is 3.90. The summed E-state index contributed by atoms with van der Waals surface area (Å²) < 4.78 is 18.3. The minimum absolute atomic E-state index is 0.228. The largest absolute Gasteiger partial charge is 0.497 e. The molecule has 0 atom stereocenters. The summed E-state index contributed by atoms with van der Waals surface area (Å²) in [4.78, 5) is 1.98. The third-order valence-corrected chi connectivity index (χ3v) is 2.95. The van der Waals surface area contributed by atoms with Crippen molar-refractivity contribution in [2.45, 2.75) is 6.54 Å². The highest BCUT2D eigenvalue weighted by Crippen LogP contribution is 2.27. The second kappa shape index (κ2) is 5.61. The lowest BCUT2D eigenvalue weighted by Gasteiger charge is -2.21. The summed E-state index contributed by atoms with van der Waals surface area (Å²) in [6.45, 7) is 0.592. The second-order valence-electron chi connectivity index (χ2n) is 4.41. The third kappa shape index (κ3) is 3.16. The number of nitrogen functional groups attached to an aromatic ring is 1. The van der Waals surface area contributed by atoms with Crippen molar-refractivity contribution in [3.05, 3.63) is 53.8 Å². The van der Waals surface area contributed by atoms with Crippen LogP contribution < -0.4 is 15.4 Å². The summed E-state index contributed by atoms with van der Waals surface area (Å²) in [5.74, 6) is 0.494. The Labute approximate surface area is 112 Å². The molecule has 3 nitrogen and oxygen atoms in total. The smallest absolute Gasteiger partial charge is 0.123 e. The molecule has 0 radical (unpaired) electrons. The van der Waals surface area contributed by atoms with Crippen LogP contribution in [0.1, 0.15) is 5.56 Å². The van der Waals surface area contributed by atoms with Crippen LogP contribution in [0.3, 0.4) is 0 Å². The average molecular weight is 260 g/mol. The molecule has 0 saturated heterocycles. The molecule has 0 aliphatic heterocycles. The first-order valence-electron chi connectivity index (χ1n) is 5.99. The van der Waals surface area contributed by atoms with Crippen molar-refractivity contribution in [2.75, 3.05) is 24.8 Å². The fraction of sp³-hybridized carbons (Fsp3) is 0.200. The molecule has 0 fully saturated rings. The van der Waals surface area contributed by atoms with E-state index >= 15 is 0 Å². The molecule has 100 valence electrons. The molecule has 0 amide bonds. The van der Waals surface area contributed by atoms with Gasteiger partial charge in [0.05, 0.1) is 18.5 Å². The monoisotopic (exact) mass is 260 g/mol. The van der Waals surface area contributed by atoms with Gasteiger partial charge in [-0.3, -0.25) is 0 Å². The van der Waals surface area contributed by atoms with E-state index in [0.717, 1.165) is 17.0 Å². The highest BCUT2D eigenvalue weighted by atomic mass is 19.1. The predicted molar refractivity (Wildman–Crippen MR) is 75.9 cm³/mol. The van der Waals surface area contributed by atoms with E-state index in [4.69, 9.17) is 10.5 Å². The first-order valence-corrected chi connectivity index (χ1v) is 5.99. The standard InChI is InChI=1S/C15H17FN2O/c1-18(10-11-4-3-5-12(16)8-11)15-7-6-13(19-2)9-14(15)17/h3-9H,10,17H2,1-2H3. The quantitative estimate of drug-likeness (QED) is 0.859. The van der Waals surface area contributed by atoms with E-state index in [1.54, 1.807) is 19.2 Å². The molecule has 2 aromatic rings. The Bertz CT molecular complexity index is 572. The normalized spacial score (nSPS) is 10.3. The van der Waals surface area contributed by atoms with Crippen LogP contribution in [0.15, 0.2) is 42.5 Å². The minimum Gasteiger partial charge on any atom is -0.497 e. The van der Waals surface area contributed by atoms with Gasteiger partial charge in [0.1, 0.15) is 11.6 Å². The van der Waals surface area contributed by atoms with Crippen molar-refractivity contribution < 1.29 is 9.13 Å². The van der Waals surface area contributed by atoms with Gasteiger partial charge in [0, 0.05) is 19.7 Å². The number of nitrogens with zero attached hydrogens (tertiary/aromatic N) is 1. The summed E-state index contributed by atoms with van der Waals surface area (Å²) >= 11 is 0. The van der Waals surface area contributed by atoms with Crippen LogP contribution in [0.4, 0.5) is 15.8 Å². The topological polar surface area (TPSA) is 38.5 Å². The summed E-state index contributed by atoms with van der Waals surface area (Å²) in [5, 5.41) is 0. The van der Waals surface area contributed by atoms with Gasteiger partial charge in [0.2, 0.25) is 0 Å². The number of anilines is 2. The Balaban J connectivity index is 2.18. The van der Waals surface area contributed by atoms with Gasteiger partial charge in [0.25, 0.3) is 0 Å². The Hall–Kier alpha value is -2.23. The maximum absolute atomic E-state index is 13.1. The summed E-state index contributed by atoms with van der Waals surface area (Å²) in [6, 6.07) is 12.1. The molecule has 0 aromatic heterocycles. The number of halogens is 1. The van der Waals surface area contributed by atoms with Crippen molar-refractivity contribution in [2.24, 2.45) is 0 Å². The van der Waals surface area contributed by atoms with E-state index in [0.29, 0.717) is 12.2 Å². The minimum atomic E-state index is -0.228. The van der Waals surface area contributed by atoms with Crippen LogP contribution in [-0.4, -0.2) is 14.2 Å². The number of rotatable bonds is 4. The highest BCUT2D eigenvalue weighted by molar-refractivity contribution is 5.69. The number of nitrogens with two attached hydrogens (primary N) is 1. The van der Waals surface area contributed by atoms with Gasteiger partial charge in [-0.2, -0.15) is 0 Å². The lowest BCUT2D eigenvalue weighted by Crippen LogP contribution is -2.17. The number of methoxy groups -OCH3 is 1. The van der Waals surface area contributed by atoms with E-state index in [1.165, 1.54) is 12.1 Å². The fourth-order valence-corrected chi connectivity index (χ4v) is 2.00. The van der Waals surface area contributed by atoms with Crippen LogP contribution >= 0.6 is 0 Å². The molecule has 0 unspecified atom stereocenters. The Morgan fingerprint density at radius 2 is 2.00 bits per heavy atom. The average Bonchev–Trinajstić information content (AvgIpc) is 2.38. The van der Waals surface area contributed by atoms with Crippen molar-refractivity contribution in [3.63, 3.8) is 0 Å². The molecule has 0 aliphatic rings. The number of benzene rings is 2. The summed E-state index contributed by atoms with van der Waals surface area (Å²) in [6.07, 6.45) is 0. The molecule has 0 saturated carbocycles. The molecule has 4 heteroatoms. The van der Waals surface area contributed by atoms with Gasteiger partial charge in [-0.1, -0.05) is 12.1 Å². The molecule has 0 aliphatic carbocycles. The van der Waals surface area contributed by atoms with Crippen LogP contribution in [0, 0.1) is 5.82 Å². The molecule has 0 heterocycles. The van der Waals surface area contributed by atoms with Gasteiger partial charge in [-0.05, 0) is 29.8 Å². The lowest BCUT2D eigenvalue weighted by molar-refractivity contribution is 0.415. The first kappa shape index (κ1) is 13.2. The van der Waals surface area contributed by atoms with Gasteiger partial charge in [-0.25, -0.2) is 4.39 Å². The Morgan fingerprint density at radius 3 is 2.63 bits per heavy atom. The predicted octanol–water partition coefficient (Wildman–Crippen LogP) is 3.05. The molecule has 2 N–H and O–H groups in total. The third-order valence-electron chi connectivity index (χ3n) is 2.95. The maximum Gasteiger partial charge on any atom is 0.123 e. The number of hydrogen-bond donors (Lipinski definition) is 1. The van der Waals surface area contributed by atoms with E-state index in [1.807, 2.05) is 30.1 Å². The molecule has 19 heavy (non-hydrogen) atoms.